The van der Waals surface area contributed by atoms with E-state index in [9.17, 15) is 9.90 Å². The topological polar surface area (TPSA) is 52.6 Å². The molecule has 1 rings (SSSR count). The summed E-state index contributed by atoms with van der Waals surface area (Å²) in [6.45, 7) is 4.23. The number of carbonyl (C=O) groups is 1. The Morgan fingerprint density at radius 1 is 1.00 bits per heavy atom. The normalized spacial score (nSPS) is 16.4. The lowest BCUT2D eigenvalue weighted by Crippen LogP contribution is -2.39. The maximum atomic E-state index is 11.8. The summed E-state index contributed by atoms with van der Waals surface area (Å²) in [5, 5.41) is 11.9. The lowest BCUT2D eigenvalue weighted by atomic mass is 10.1. The van der Waals surface area contributed by atoms with E-state index in [2.05, 4.69) is 29.5 Å². The first-order chi connectivity index (χ1) is 12.7. The summed E-state index contributed by atoms with van der Waals surface area (Å²) in [5.41, 5.74) is 3.00. The quantitative estimate of drug-likeness (QED) is 0.294. The van der Waals surface area contributed by atoms with Gasteiger partial charge in [-0.05, 0) is 44.9 Å². The average molecular weight is 367 g/mol. The lowest BCUT2D eigenvalue weighted by Gasteiger charge is -2.15. The molecule has 2 N–H and O–H groups in total. The van der Waals surface area contributed by atoms with Crippen molar-refractivity contribution >= 4 is 5.91 Å². The van der Waals surface area contributed by atoms with Crippen molar-refractivity contribution in [3.05, 3.63) is 12.2 Å². The maximum absolute atomic E-state index is 11.8. The minimum atomic E-state index is -0.158. The van der Waals surface area contributed by atoms with E-state index in [4.69, 9.17) is 0 Å². The largest absolute Gasteiger partial charge is 0.393 e. The first-order valence-corrected chi connectivity index (χ1v) is 11.1. The highest BCUT2D eigenvalue weighted by Crippen LogP contribution is 2.11. The van der Waals surface area contributed by atoms with Crippen molar-refractivity contribution in [3.8, 4) is 0 Å². The van der Waals surface area contributed by atoms with Crippen molar-refractivity contribution in [2.75, 3.05) is 13.1 Å². The van der Waals surface area contributed by atoms with Crippen LogP contribution in [0, 0.1) is 0 Å². The third-order valence-electron chi connectivity index (χ3n) is 5.13. The molecule has 1 aliphatic rings. The van der Waals surface area contributed by atoms with Crippen LogP contribution in [0.25, 0.3) is 0 Å². The van der Waals surface area contributed by atoms with Crippen molar-refractivity contribution in [1.29, 1.82) is 0 Å². The summed E-state index contributed by atoms with van der Waals surface area (Å²) in [5.74, 6) is 0.183. The molecule has 1 fully saturated rings. The summed E-state index contributed by atoms with van der Waals surface area (Å²) in [6.07, 6.45) is 20.9. The molecule has 0 aromatic carbocycles. The van der Waals surface area contributed by atoms with E-state index in [0.717, 1.165) is 51.6 Å². The van der Waals surface area contributed by atoms with Crippen LogP contribution in [0.1, 0.15) is 103 Å². The zero-order valence-electron chi connectivity index (χ0n) is 17.1. The molecule has 0 radical (unpaired) electrons. The van der Waals surface area contributed by atoms with Gasteiger partial charge in [0.05, 0.1) is 6.10 Å². The molecule has 1 aliphatic heterocycles. The Hall–Kier alpha value is -0.870. The van der Waals surface area contributed by atoms with Crippen molar-refractivity contribution in [2.45, 2.75) is 109 Å². The molecule has 1 heterocycles. The lowest BCUT2D eigenvalue weighted by molar-refractivity contribution is -0.125. The number of nitrogens with one attached hydrogen (secondary N) is 1. The number of nitrogens with zero attached hydrogens (tertiary/aromatic N) is 1. The van der Waals surface area contributed by atoms with Gasteiger partial charge in [-0.25, -0.2) is 5.01 Å². The van der Waals surface area contributed by atoms with Crippen molar-refractivity contribution < 1.29 is 9.90 Å². The van der Waals surface area contributed by atoms with E-state index in [1.54, 1.807) is 0 Å². The van der Waals surface area contributed by atoms with Crippen molar-refractivity contribution in [1.82, 2.24) is 10.4 Å². The van der Waals surface area contributed by atoms with Gasteiger partial charge in [-0.15, -0.1) is 0 Å². The van der Waals surface area contributed by atoms with Gasteiger partial charge in [0.25, 0.3) is 0 Å². The number of amides is 1. The molecule has 0 aromatic rings. The van der Waals surface area contributed by atoms with Crippen LogP contribution in [0.2, 0.25) is 0 Å². The molecule has 1 saturated heterocycles. The van der Waals surface area contributed by atoms with E-state index < -0.39 is 0 Å². The number of carbonyl (C=O) groups excluding carboxylic acids is 1. The van der Waals surface area contributed by atoms with Crippen LogP contribution in [0.5, 0.6) is 0 Å². The second-order valence-electron chi connectivity index (χ2n) is 7.75. The van der Waals surface area contributed by atoms with Gasteiger partial charge in [0.2, 0.25) is 5.91 Å². The second kappa shape index (κ2) is 16.3. The molecule has 152 valence electrons. The maximum Gasteiger partial charge on any atom is 0.234 e. The minimum Gasteiger partial charge on any atom is -0.393 e. The third kappa shape index (κ3) is 13.3. The van der Waals surface area contributed by atoms with Crippen molar-refractivity contribution in [2.24, 2.45) is 0 Å². The number of allylic oxidation sites excluding steroid dienone is 1. The molecule has 1 amide bonds. The number of aliphatic hydroxyl groups is 1. The number of rotatable bonds is 16. The van der Waals surface area contributed by atoms with Crippen LogP contribution in [0.15, 0.2) is 12.2 Å². The average Bonchev–Trinajstić information content (AvgIpc) is 3.13. The molecule has 0 spiro atoms. The fourth-order valence-electron chi connectivity index (χ4n) is 3.44. The number of aliphatic hydroxyl groups excluding tert-OH is 1. The molecular weight excluding hydrogens is 324 g/mol. The molecule has 4 nitrogen and oxygen atoms in total. The van der Waals surface area contributed by atoms with Gasteiger partial charge in [-0.1, -0.05) is 64.0 Å². The molecule has 1 atom stereocenters. The van der Waals surface area contributed by atoms with Crippen LogP contribution in [-0.4, -0.2) is 35.2 Å². The van der Waals surface area contributed by atoms with E-state index in [-0.39, 0.29) is 12.0 Å². The molecule has 0 saturated carbocycles. The van der Waals surface area contributed by atoms with E-state index in [1.807, 2.05) is 0 Å². The Bertz CT molecular complexity index is 365. The van der Waals surface area contributed by atoms with Gasteiger partial charge in [-0.3, -0.25) is 10.2 Å². The Morgan fingerprint density at radius 3 is 2.46 bits per heavy atom. The molecule has 26 heavy (non-hydrogen) atoms. The third-order valence-corrected chi connectivity index (χ3v) is 5.13. The number of hydrazine groups is 1. The van der Waals surface area contributed by atoms with E-state index in [1.165, 1.54) is 51.4 Å². The van der Waals surface area contributed by atoms with E-state index >= 15 is 0 Å². The first-order valence-electron chi connectivity index (χ1n) is 11.1. The summed E-state index contributed by atoms with van der Waals surface area (Å²) in [6, 6.07) is 0. The summed E-state index contributed by atoms with van der Waals surface area (Å²) < 4.78 is 0. The number of unbranched alkanes of at least 4 members (excludes halogenated alkanes) is 8. The molecule has 0 bridgehead atoms. The number of hydrogen-bond donors (Lipinski definition) is 2. The van der Waals surface area contributed by atoms with Crippen LogP contribution >= 0.6 is 0 Å². The zero-order valence-corrected chi connectivity index (χ0v) is 17.1. The smallest absolute Gasteiger partial charge is 0.234 e. The molecular formula is C22H42N2O2. The highest BCUT2D eigenvalue weighted by Gasteiger charge is 2.13. The highest BCUT2D eigenvalue weighted by molar-refractivity contribution is 5.75. The zero-order chi connectivity index (χ0) is 18.9. The first kappa shape index (κ1) is 23.2. The second-order valence-corrected chi connectivity index (χ2v) is 7.75. The predicted molar refractivity (Wildman–Crippen MR) is 110 cm³/mol. The highest BCUT2D eigenvalue weighted by atomic mass is 16.3. The molecule has 0 unspecified atom stereocenters. The van der Waals surface area contributed by atoms with Gasteiger partial charge in [0, 0.05) is 19.5 Å². The van der Waals surface area contributed by atoms with Crippen LogP contribution < -0.4 is 5.43 Å². The molecule has 0 aliphatic carbocycles. The summed E-state index contributed by atoms with van der Waals surface area (Å²) >= 11 is 0. The Kier molecular flexibility index (Phi) is 14.5. The predicted octanol–water partition coefficient (Wildman–Crippen LogP) is 5.12. The monoisotopic (exact) mass is 366 g/mol. The van der Waals surface area contributed by atoms with Gasteiger partial charge in [-0.2, -0.15) is 0 Å². The van der Waals surface area contributed by atoms with Gasteiger partial charge in [0.1, 0.15) is 0 Å². The fourth-order valence-corrected chi connectivity index (χ4v) is 3.44. The Balaban J connectivity index is 1.82. The minimum absolute atomic E-state index is 0.158. The van der Waals surface area contributed by atoms with Crippen molar-refractivity contribution in [3.63, 3.8) is 0 Å². The van der Waals surface area contributed by atoms with Crippen LogP contribution in [0.3, 0.4) is 0 Å². The number of hydrogen-bond acceptors (Lipinski definition) is 3. The standard InChI is InChI=1S/C22H42N2O2/c1-2-3-4-11-16-21(25)17-12-9-7-5-6-8-10-13-18-22(26)23-24-19-14-15-20-24/h9,12,21,25H,2-8,10-11,13-20H2,1H3,(H,23,26)/b12-9-/t21-/m1/s1. The Labute approximate surface area is 161 Å². The van der Waals surface area contributed by atoms with Crippen LogP contribution in [0.4, 0.5) is 0 Å². The SMILES string of the molecule is CCCCCC[C@@H](O)C/C=C\CCCCCCCC(=O)NN1CCCC1. The van der Waals surface area contributed by atoms with Gasteiger partial charge < -0.3 is 5.11 Å². The molecule has 0 aromatic heterocycles. The van der Waals surface area contributed by atoms with E-state index in [0.29, 0.717) is 6.42 Å². The Morgan fingerprint density at radius 2 is 1.69 bits per heavy atom. The summed E-state index contributed by atoms with van der Waals surface area (Å²) in [4.78, 5) is 11.8. The summed E-state index contributed by atoms with van der Waals surface area (Å²) in [7, 11) is 0. The van der Waals surface area contributed by atoms with Gasteiger partial charge in [0.15, 0.2) is 0 Å². The fraction of sp³-hybridized carbons (Fsp3) is 0.864. The molecule has 4 heteroatoms. The van der Waals surface area contributed by atoms with Gasteiger partial charge >= 0.3 is 0 Å². The van der Waals surface area contributed by atoms with Crippen LogP contribution in [-0.2, 0) is 4.79 Å².